The van der Waals surface area contributed by atoms with Gasteiger partial charge in [-0.05, 0) is 30.3 Å². The zero-order chi connectivity index (χ0) is 14.4. The van der Waals surface area contributed by atoms with Crippen molar-refractivity contribution in [2.75, 3.05) is 11.4 Å². The van der Waals surface area contributed by atoms with Crippen molar-refractivity contribution in [2.45, 2.75) is 6.42 Å². The van der Waals surface area contributed by atoms with Crippen LogP contribution in [-0.2, 0) is 0 Å². The summed E-state index contributed by atoms with van der Waals surface area (Å²) in [5, 5.41) is 18.1. The minimum absolute atomic E-state index is 0.399. The van der Waals surface area contributed by atoms with E-state index in [0.717, 1.165) is 15.8 Å². The SMILES string of the molecule is N#CCCN(c1ccccc1)c1ccc(Br)cc1C#N. The van der Waals surface area contributed by atoms with Crippen molar-refractivity contribution >= 4 is 27.3 Å². The highest BCUT2D eigenvalue weighted by molar-refractivity contribution is 9.10. The first kappa shape index (κ1) is 14.1. The van der Waals surface area contributed by atoms with Crippen molar-refractivity contribution in [2.24, 2.45) is 0 Å². The standard InChI is InChI=1S/C16H12BrN3/c17-14-7-8-16(13(11-14)12-19)20(10-4-9-18)15-5-2-1-3-6-15/h1-3,5-8,11H,4,10H2. The van der Waals surface area contributed by atoms with Crippen molar-refractivity contribution in [3.63, 3.8) is 0 Å². The summed E-state index contributed by atoms with van der Waals surface area (Å²) in [6.07, 6.45) is 0.399. The van der Waals surface area contributed by atoms with Gasteiger partial charge in [0.25, 0.3) is 0 Å². The van der Waals surface area contributed by atoms with Crippen LogP contribution in [0.2, 0.25) is 0 Å². The van der Waals surface area contributed by atoms with Crippen LogP contribution in [0, 0.1) is 22.7 Å². The van der Waals surface area contributed by atoms with Gasteiger partial charge >= 0.3 is 0 Å². The molecule has 2 aromatic rings. The Morgan fingerprint density at radius 1 is 1.05 bits per heavy atom. The number of para-hydroxylation sites is 1. The van der Waals surface area contributed by atoms with Crippen LogP contribution in [0.5, 0.6) is 0 Å². The summed E-state index contributed by atoms with van der Waals surface area (Å²) in [4.78, 5) is 1.99. The third-order valence-corrected chi connectivity index (χ3v) is 3.38. The van der Waals surface area contributed by atoms with Crippen molar-refractivity contribution < 1.29 is 0 Å². The van der Waals surface area contributed by atoms with Gasteiger partial charge in [-0.25, -0.2) is 0 Å². The molecule has 0 aromatic heterocycles. The Kier molecular flexibility index (Phi) is 4.76. The highest BCUT2D eigenvalue weighted by Gasteiger charge is 2.13. The minimum atomic E-state index is 0.399. The summed E-state index contributed by atoms with van der Waals surface area (Å²) in [6.45, 7) is 0.552. The molecule has 0 radical (unpaired) electrons. The molecule has 2 rings (SSSR count). The number of nitrogens with zero attached hydrogens (tertiary/aromatic N) is 3. The van der Waals surface area contributed by atoms with Gasteiger partial charge in [-0.15, -0.1) is 0 Å². The molecule has 0 aliphatic heterocycles. The number of anilines is 2. The lowest BCUT2D eigenvalue weighted by atomic mass is 10.1. The van der Waals surface area contributed by atoms with Crippen LogP contribution < -0.4 is 4.90 Å². The molecule has 0 N–H and O–H groups in total. The summed E-state index contributed by atoms with van der Waals surface area (Å²) in [5.74, 6) is 0. The first-order valence-electron chi connectivity index (χ1n) is 6.15. The predicted molar refractivity (Wildman–Crippen MR) is 82.5 cm³/mol. The number of benzene rings is 2. The largest absolute Gasteiger partial charge is 0.339 e. The van der Waals surface area contributed by atoms with E-state index < -0.39 is 0 Å². The summed E-state index contributed by atoms with van der Waals surface area (Å²) in [5.41, 5.74) is 2.37. The quantitative estimate of drug-likeness (QED) is 0.838. The molecule has 4 heteroatoms. The lowest BCUT2D eigenvalue weighted by Gasteiger charge is -2.25. The molecular weight excluding hydrogens is 314 g/mol. The topological polar surface area (TPSA) is 50.8 Å². The Labute approximate surface area is 126 Å². The summed E-state index contributed by atoms with van der Waals surface area (Å²) < 4.78 is 0.867. The maximum atomic E-state index is 9.30. The van der Waals surface area contributed by atoms with Gasteiger partial charge in [-0.2, -0.15) is 10.5 Å². The fourth-order valence-electron chi connectivity index (χ4n) is 1.99. The Bertz CT molecular complexity index is 668. The zero-order valence-corrected chi connectivity index (χ0v) is 12.3. The first-order chi connectivity index (χ1) is 9.76. The molecule has 0 atom stereocenters. The fourth-order valence-corrected chi connectivity index (χ4v) is 2.35. The summed E-state index contributed by atoms with van der Waals surface area (Å²) in [7, 11) is 0. The van der Waals surface area contributed by atoms with Crippen LogP contribution in [0.1, 0.15) is 12.0 Å². The van der Waals surface area contributed by atoms with Crippen LogP contribution in [0.25, 0.3) is 0 Å². The van der Waals surface area contributed by atoms with Crippen LogP contribution in [0.3, 0.4) is 0 Å². The molecule has 98 valence electrons. The van der Waals surface area contributed by atoms with Crippen LogP contribution in [0.4, 0.5) is 11.4 Å². The molecule has 0 heterocycles. The monoisotopic (exact) mass is 325 g/mol. The Morgan fingerprint density at radius 2 is 1.80 bits per heavy atom. The molecule has 2 aromatic carbocycles. The highest BCUT2D eigenvalue weighted by Crippen LogP contribution is 2.30. The molecule has 0 fully saturated rings. The summed E-state index contributed by atoms with van der Waals surface area (Å²) >= 11 is 3.37. The van der Waals surface area contributed by atoms with Gasteiger partial charge in [-0.3, -0.25) is 0 Å². The molecule has 0 bridgehead atoms. The zero-order valence-electron chi connectivity index (χ0n) is 10.8. The van der Waals surface area contributed by atoms with E-state index in [-0.39, 0.29) is 0 Å². The Balaban J connectivity index is 2.48. The average molecular weight is 326 g/mol. The van der Waals surface area contributed by atoms with Gasteiger partial charge in [0, 0.05) is 16.7 Å². The molecular formula is C16H12BrN3. The Morgan fingerprint density at radius 3 is 2.45 bits per heavy atom. The normalized spacial score (nSPS) is 9.55. The molecule has 0 saturated carbocycles. The van der Waals surface area contributed by atoms with Gasteiger partial charge in [0.2, 0.25) is 0 Å². The Hall–Kier alpha value is -2.30. The molecule has 0 aliphatic carbocycles. The molecule has 20 heavy (non-hydrogen) atoms. The minimum Gasteiger partial charge on any atom is -0.339 e. The van der Waals surface area contributed by atoms with E-state index in [2.05, 4.69) is 28.1 Å². The number of rotatable bonds is 4. The van der Waals surface area contributed by atoms with Crippen LogP contribution >= 0.6 is 15.9 Å². The summed E-state index contributed by atoms with van der Waals surface area (Å²) in [6, 6.07) is 19.7. The van der Waals surface area contributed by atoms with E-state index in [0.29, 0.717) is 18.5 Å². The number of hydrogen-bond acceptors (Lipinski definition) is 3. The third kappa shape index (κ3) is 3.17. The number of hydrogen-bond donors (Lipinski definition) is 0. The first-order valence-corrected chi connectivity index (χ1v) is 6.94. The van der Waals surface area contributed by atoms with Gasteiger partial charge < -0.3 is 4.90 Å². The average Bonchev–Trinajstić information content (AvgIpc) is 2.49. The molecule has 0 saturated heterocycles. The maximum absolute atomic E-state index is 9.30. The maximum Gasteiger partial charge on any atom is 0.101 e. The van der Waals surface area contributed by atoms with E-state index in [1.807, 2.05) is 47.4 Å². The number of halogens is 1. The van der Waals surface area contributed by atoms with E-state index in [4.69, 9.17) is 5.26 Å². The number of nitriles is 2. The van der Waals surface area contributed by atoms with Crippen LogP contribution in [-0.4, -0.2) is 6.54 Å². The fraction of sp³-hybridized carbons (Fsp3) is 0.125. The lowest BCUT2D eigenvalue weighted by Crippen LogP contribution is -2.19. The molecule has 3 nitrogen and oxygen atoms in total. The van der Waals surface area contributed by atoms with Gasteiger partial charge in [-0.1, -0.05) is 34.1 Å². The van der Waals surface area contributed by atoms with Crippen molar-refractivity contribution in [3.8, 4) is 12.1 Å². The molecule has 0 unspecified atom stereocenters. The molecule has 0 spiro atoms. The van der Waals surface area contributed by atoms with E-state index in [9.17, 15) is 5.26 Å². The second-order valence-corrected chi connectivity index (χ2v) is 5.08. The van der Waals surface area contributed by atoms with Crippen molar-refractivity contribution in [3.05, 3.63) is 58.6 Å². The van der Waals surface area contributed by atoms with E-state index in [1.54, 1.807) is 6.07 Å². The van der Waals surface area contributed by atoms with Gasteiger partial charge in [0.15, 0.2) is 0 Å². The molecule has 0 aliphatic rings. The van der Waals surface area contributed by atoms with E-state index >= 15 is 0 Å². The predicted octanol–water partition coefficient (Wildman–Crippen LogP) is 4.37. The molecule has 0 amide bonds. The van der Waals surface area contributed by atoms with E-state index in [1.165, 1.54) is 0 Å². The third-order valence-electron chi connectivity index (χ3n) is 2.88. The van der Waals surface area contributed by atoms with Crippen molar-refractivity contribution in [1.82, 2.24) is 0 Å². The highest BCUT2D eigenvalue weighted by atomic mass is 79.9. The van der Waals surface area contributed by atoms with Gasteiger partial charge in [0.1, 0.15) is 6.07 Å². The second-order valence-electron chi connectivity index (χ2n) is 4.17. The van der Waals surface area contributed by atoms with Gasteiger partial charge in [0.05, 0.1) is 23.7 Å². The van der Waals surface area contributed by atoms with Crippen LogP contribution in [0.15, 0.2) is 53.0 Å². The van der Waals surface area contributed by atoms with Crippen molar-refractivity contribution in [1.29, 1.82) is 10.5 Å². The smallest absolute Gasteiger partial charge is 0.101 e. The second kappa shape index (κ2) is 6.75. The lowest BCUT2D eigenvalue weighted by molar-refractivity contribution is 0.946.